The van der Waals surface area contributed by atoms with Gasteiger partial charge in [-0.1, -0.05) is 12.1 Å². The van der Waals surface area contributed by atoms with Gasteiger partial charge in [-0.25, -0.2) is 8.78 Å². The Kier molecular flexibility index (Phi) is 4.19. The molecule has 23 heavy (non-hydrogen) atoms. The predicted molar refractivity (Wildman–Crippen MR) is 84.0 cm³/mol. The number of rotatable bonds is 4. The Morgan fingerprint density at radius 2 is 1.52 bits per heavy atom. The maximum Gasteiger partial charge on any atom is 0.255 e. The van der Waals surface area contributed by atoms with Crippen molar-refractivity contribution >= 4 is 0 Å². The maximum atomic E-state index is 13.0. The quantitative estimate of drug-likeness (QED) is 0.730. The molecular formula is C18H13F2NO2. The second-order valence-corrected chi connectivity index (χ2v) is 4.88. The summed E-state index contributed by atoms with van der Waals surface area (Å²) in [7, 11) is 0. The monoisotopic (exact) mass is 313 g/mol. The molecule has 116 valence electrons. The summed E-state index contributed by atoms with van der Waals surface area (Å²) in [5.41, 5.74) is 2.02. The lowest BCUT2D eigenvalue weighted by Crippen LogP contribution is -2.16. The zero-order valence-corrected chi connectivity index (χ0v) is 12.1. The van der Waals surface area contributed by atoms with Gasteiger partial charge in [0.1, 0.15) is 11.6 Å². The summed E-state index contributed by atoms with van der Waals surface area (Å²) in [5.74, 6) is 0.0736. The van der Waals surface area contributed by atoms with E-state index in [-0.39, 0.29) is 11.4 Å². The summed E-state index contributed by atoms with van der Waals surface area (Å²) in [6.45, 7) is -0.903. The highest BCUT2D eigenvalue weighted by Gasteiger charge is 2.04. The van der Waals surface area contributed by atoms with Crippen LogP contribution in [-0.4, -0.2) is 11.4 Å². The summed E-state index contributed by atoms with van der Waals surface area (Å²) in [6.07, 6.45) is 1.68. The topological polar surface area (TPSA) is 31.2 Å². The number of hydrogen-bond acceptors (Lipinski definition) is 2. The van der Waals surface area contributed by atoms with Crippen LogP contribution in [0.1, 0.15) is 0 Å². The Labute approximate surface area is 131 Å². The molecule has 5 heteroatoms. The van der Waals surface area contributed by atoms with Gasteiger partial charge in [-0.3, -0.25) is 9.36 Å². The minimum atomic E-state index is -0.903. The van der Waals surface area contributed by atoms with Crippen molar-refractivity contribution in [2.24, 2.45) is 0 Å². The van der Waals surface area contributed by atoms with Crippen LogP contribution in [0.4, 0.5) is 8.78 Å². The fourth-order valence-electron chi connectivity index (χ4n) is 2.27. The first kappa shape index (κ1) is 15.0. The van der Waals surface area contributed by atoms with E-state index in [0.717, 1.165) is 11.1 Å². The van der Waals surface area contributed by atoms with Gasteiger partial charge >= 0.3 is 0 Å². The van der Waals surface area contributed by atoms with E-state index in [2.05, 4.69) is 0 Å². The zero-order valence-electron chi connectivity index (χ0n) is 12.1. The molecule has 3 nitrogen and oxygen atoms in total. The van der Waals surface area contributed by atoms with Crippen LogP contribution in [-0.2, 0) is 0 Å². The second kappa shape index (κ2) is 6.44. The van der Waals surface area contributed by atoms with Crippen LogP contribution < -0.4 is 10.3 Å². The molecule has 0 aliphatic carbocycles. The fraction of sp³-hybridized carbons (Fsp3) is 0.0556. The molecule has 1 aromatic heterocycles. The average molecular weight is 313 g/mol. The molecule has 0 N–H and O–H groups in total. The molecule has 3 aromatic rings. The molecule has 0 saturated carbocycles. The fourth-order valence-corrected chi connectivity index (χ4v) is 2.27. The predicted octanol–water partition coefficient (Wildman–Crippen LogP) is 3.95. The average Bonchev–Trinajstić information content (AvgIpc) is 2.57. The van der Waals surface area contributed by atoms with E-state index in [0.29, 0.717) is 11.4 Å². The zero-order chi connectivity index (χ0) is 16.2. The SMILES string of the molecule is O=c1ccc(-c2ccc(F)cc2)cn1-c1ccc(OCF)cc1. The minimum Gasteiger partial charge on any atom is -0.463 e. The van der Waals surface area contributed by atoms with E-state index in [1.54, 1.807) is 48.7 Å². The van der Waals surface area contributed by atoms with Crippen LogP contribution in [0.2, 0.25) is 0 Å². The maximum absolute atomic E-state index is 13.0. The van der Waals surface area contributed by atoms with Crippen molar-refractivity contribution < 1.29 is 13.5 Å². The summed E-state index contributed by atoms with van der Waals surface area (Å²) in [6, 6.07) is 15.7. The lowest BCUT2D eigenvalue weighted by Gasteiger charge is -2.09. The third-order valence-electron chi connectivity index (χ3n) is 3.42. The Hall–Kier alpha value is -2.95. The van der Waals surface area contributed by atoms with E-state index >= 15 is 0 Å². The Bertz CT molecular complexity index is 855. The third kappa shape index (κ3) is 3.29. The number of pyridine rings is 1. The summed E-state index contributed by atoms with van der Waals surface area (Å²) in [5, 5.41) is 0. The van der Waals surface area contributed by atoms with Crippen molar-refractivity contribution in [1.82, 2.24) is 4.57 Å². The molecular weight excluding hydrogens is 300 g/mol. The van der Waals surface area contributed by atoms with E-state index in [4.69, 9.17) is 4.74 Å². The number of halogens is 2. The lowest BCUT2D eigenvalue weighted by molar-refractivity contribution is 0.192. The molecule has 0 unspecified atom stereocenters. The van der Waals surface area contributed by atoms with E-state index < -0.39 is 6.86 Å². The van der Waals surface area contributed by atoms with Gasteiger partial charge in [0.05, 0.1) is 0 Å². The number of hydrogen-bond donors (Lipinski definition) is 0. The van der Waals surface area contributed by atoms with Crippen molar-refractivity contribution in [3.8, 4) is 22.6 Å². The van der Waals surface area contributed by atoms with Crippen LogP contribution >= 0.6 is 0 Å². The van der Waals surface area contributed by atoms with Gasteiger partial charge in [0.2, 0.25) is 6.86 Å². The first-order valence-electron chi connectivity index (χ1n) is 6.95. The second-order valence-electron chi connectivity index (χ2n) is 4.88. The molecule has 0 amide bonds. The van der Waals surface area contributed by atoms with Crippen LogP contribution in [0.3, 0.4) is 0 Å². The van der Waals surface area contributed by atoms with Gasteiger partial charge in [0.15, 0.2) is 0 Å². The van der Waals surface area contributed by atoms with Crippen LogP contribution in [0.25, 0.3) is 16.8 Å². The molecule has 0 aliphatic rings. The molecule has 2 aromatic carbocycles. The third-order valence-corrected chi connectivity index (χ3v) is 3.42. The lowest BCUT2D eigenvalue weighted by atomic mass is 10.1. The minimum absolute atomic E-state index is 0.199. The molecule has 0 aliphatic heterocycles. The van der Waals surface area contributed by atoms with Crippen LogP contribution in [0, 0.1) is 5.82 Å². The molecule has 1 heterocycles. The van der Waals surface area contributed by atoms with Crippen LogP contribution in [0.5, 0.6) is 5.75 Å². The number of aromatic nitrogens is 1. The molecule has 0 spiro atoms. The van der Waals surface area contributed by atoms with E-state index in [1.165, 1.54) is 22.8 Å². The van der Waals surface area contributed by atoms with Crippen molar-refractivity contribution in [1.29, 1.82) is 0 Å². The van der Waals surface area contributed by atoms with Gasteiger partial charge in [0.25, 0.3) is 5.56 Å². The number of nitrogens with zero attached hydrogens (tertiary/aromatic N) is 1. The molecule has 0 saturated heterocycles. The largest absolute Gasteiger partial charge is 0.463 e. The highest BCUT2D eigenvalue weighted by Crippen LogP contribution is 2.20. The van der Waals surface area contributed by atoms with E-state index in [9.17, 15) is 13.6 Å². The molecule has 0 bridgehead atoms. The van der Waals surface area contributed by atoms with E-state index in [1.807, 2.05) is 0 Å². The van der Waals surface area contributed by atoms with Gasteiger partial charge in [-0.2, -0.15) is 0 Å². The standard InChI is InChI=1S/C18H13F2NO2/c19-12-23-17-8-6-16(7-9-17)21-11-14(3-10-18(21)22)13-1-4-15(20)5-2-13/h1-11H,12H2. The Morgan fingerprint density at radius 1 is 0.870 bits per heavy atom. The van der Waals surface area contributed by atoms with Crippen molar-refractivity contribution in [2.45, 2.75) is 0 Å². The highest BCUT2D eigenvalue weighted by atomic mass is 19.1. The van der Waals surface area contributed by atoms with Gasteiger partial charge in [-0.15, -0.1) is 0 Å². The van der Waals surface area contributed by atoms with Gasteiger partial charge < -0.3 is 4.74 Å². The normalized spacial score (nSPS) is 10.5. The summed E-state index contributed by atoms with van der Waals surface area (Å²) >= 11 is 0. The molecule has 0 radical (unpaired) electrons. The van der Waals surface area contributed by atoms with Crippen LogP contribution in [0.15, 0.2) is 71.7 Å². The summed E-state index contributed by atoms with van der Waals surface area (Å²) < 4.78 is 31.4. The first-order valence-corrected chi connectivity index (χ1v) is 6.95. The Morgan fingerprint density at radius 3 is 2.17 bits per heavy atom. The smallest absolute Gasteiger partial charge is 0.255 e. The molecule has 0 atom stereocenters. The van der Waals surface area contributed by atoms with Gasteiger partial charge in [-0.05, 0) is 53.6 Å². The molecule has 0 fully saturated rings. The van der Waals surface area contributed by atoms with Gasteiger partial charge in [0, 0.05) is 18.0 Å². The number of ether oxygens (including phenoxy) is 1. The molecule has 3 rings (SSSR count). The highest BCUT2D eigenvalue weighted by molar-refractivity contribution is 5.62. The number of benzene rings is 2. The van der Waals surface area contributed by atoms with Crippen molar-refractivity contribution in [3.63, 3.8) is 0 Å². The van der Waals surface area contributed by atoms with Crippen molar-refractivity contribution in [3.05, 3.63) is 83.0 Å². The first-order chi connectivity index (χ1) is 11.2. The Balaban J connectivity index is 2.00. The summed E-state index contributed by atoms with van der Waals surface area (Å²) in [4.78, 5) is 12.1. The number of alkyl halides is 1. The van der Waals surface area contributed by atoms with Crippen molar-refractivity contribution in [2.75, 3.05) is 6.86 Å².